The van der Waals surface area contributed by atoms with Crippen LogP contribution >= 0.6 is 0 Å². The van der Waals surface area contributed by atoms with Crippen LogP contribution in [0.4, 0.5) is 0 Å². The highest BCUT2D eigenvalue weighted by atomic mass is 32.2. The van der Waals surface area contributed by atoms with Crippen molar-refractivity contribution in [3.8, 4) is 5.75 Å². The van der Waals surface area contributed by atoms with Crippen LogP contribution in [0, 0.1) is 0 Å². The molecule has 134 valence electrons. The van der Waals surface area contributed by atoms with Crippen LogP contribution in [0.15, 0.2) is 24.3 Å². The summed E-state index contributed by atoms with van der Waals surface area (Å²) < 4.78 is 40.5. The third kappa shape index (κ3) is 6.55. The summed E-state index contributed by atoms with van der Waals surface area (Å²) in [6.07, 6.45) is 0.449. The Morgan fingerprint density at radius 1 is 1.29 bits per heavy atom. The zero-order valence-corrected chi connectivity index (χ0v) is 14.3. The summed E-state index contributed by atoms with van der Waals surface area (Å²) >= 11 is 0. The van der Waals surface area contributed by atoms with E-state index in [0.29, 0.717) is 12.4 Å². The number of amides is 1. The molecule has 0 spiro atoms. The maximum Gasteiger partial charge on any atom is 0.328 e. The number of hydrogen-bond donors (Lipinski definition) is 2. The molecule has 9 heteroatoms. The van der Waals surface area contributed by atoms with E-state index in [4.69, 9.17) is 9.29 Å². The fraction of sp³-hybridized carbons (Fsp3) is 0.467. The minimum atomic E-state index is -4.27. The number of benzene rings is 1. The van der Waals surface area contributed by atoms with Crippen molar-refractivity contribution in [3.05, 3.63) is 29.8 Å². The van der Waals surface area contributed by atoms with Crippen LogP contribution in [-0.2, 0) is 19.6 Å². The molecule has 0 unspecified atom stereocenters. The van der Waals surface area contributed by atoms with Crippen LogP contribution < -0.4 is 10.1 Å². The average Bonchev–Trinajstić information content (AvgIpc) is 2.55. The number of hydrogen-bond acceptors (Lipinski definition) is 6. The van der Waals surface area contributed by atoms with E-state index in [2.05, 4.69) is 10.1 Å². The molecule has 0 aliphatic carbocycles. The first-order chi connectivity index (χ1) is 11.3. The summed E-state index contributed by atoms with van der Waals surface area (Å²) in [4.78, 5) is 24.1. The lowest BCUT2D eigenvalue weighted by Crippen LogP contribution is -2.42. The summed E-state index contributed by atoms with van der Waals surface area (Å²) in [6.45, 7) is 2.35. The number of rotatable bonds is 9. The fourth-order valence-electron chi connectivity index (χ4n) is 1.89. The Balaban J connectivity index is 2.90. The number of methoxy groups -OCH3 is 1. The molecule has 2 N–H and O–H groups in total. The van der Waals surface area contributed by atoms with Crippen molar-refractivity contribution in [2.24, 2.45) is 0 Å². The highest BCUT2D eigenvalue weighted by Gasteiger charge is 2.25. The molecule has 0 aliphatic rings. The molecule has 8 nitrogen and oxygen atoms in total. The zero-order chi connectivity index (χ0) is 18.2. The number of para-hydroxylation sites is 1. The van der Waals surface area contributed by atoms with E-state index in [1.165, 1.54) is 6.07 Å². The molecule has 0 fully saturated rings. The van der Waals surface area contributed by atoms with Crippen molar-refractivity contribution < 1.29 is 32.0 Å². The average molecular weight is 359 g/mol. The van der Waals surface area contributed by atoms with Gasteiger partial charge in [0.1, 0.15) is 11.8 Å². The second kappa shape index (κ2) is 9.24. The zero-order valence-electron chi connectivity index (χ0n) is 13.5. The number of esters is 1. The Kier molecular flexibility index (Phi) is 7.66. The number of nitrogens with one attached hydrogen (secondary N) is 1. The van der Waals surface area contributed by atoms with Crippen molar-refractivity contribution in [1.82, 2.24) is 5.32 Å². The lowest BCUT2D eigenvalue weighted by Gasteiger charge is -2.17. The Hall–Kier alpha value is -2.13. The minimum absolute atomic E-state index is 0.215. The van der Waals surface area contributed by atoms with Crippen LogP contribution in [0.5, 0.6) is 5.75 Å². The summed E-state index contributed by atoms with van der Waals surface area (Å²) in [7, 11) is -3.15. The van der Waals surface area contributed by atoms with E-state index in [1.54, 1.807) is 18.2 Å². The third-order valence-electron chi connectivity index (χ3n) is 3.05. The largest absolute Gasteiger partial charge is 0.493 e. The molecule has 0 saturated heterocycles. The normalized spacial score (nSPS) is 12.3. The van der Waals surface area contributed by atoms with Crippen LogP contribution in [0.1, 0.15) is 30.1 Å². The fourth-order valence-corrected chi connectivity index (χ4v) is 2.42. The number of ether oxygens (including phenoxy) is 2. The van der Waals surface area contributed by atoms with E-state index in [9.17, 15) is 18.0 Å². The highest BCUT2D eigenvalue weighted by molar-refractivity contribution is 7.85. The molecule has 1 atom stereocenters. The molecule has 0 aliphatic heterocycles. The van der Waals surface area contributed by atoms with Gasteiger partial charge < -0.3 is 14.8 Å². The molecular weight excluding hydrogens is 338 g/mol. The summed E-state index contributed by atoms with van der Waals surface area (Å²) in [5, 5.41) is 2.40. The topological polar surface area (TPSA) is 119 Å². The van der Waals surface area contributed by atoms with Gasteiger partial charge in [-0.1, -0.05) is 19.1 Å². The van der Waals surface area contributed by atoms with Gasteiger partial charge in [-0.3, -0.25) is 9.35 Å². The van der Waals surface area contributed by atoms with Gasteiger partial charge in [0, 0.05) is 0 Å². The Bertz CT molecular complexity index is 672. The van der Waals surface area contributed by atoms with Gasteiger partial charge in [-0.25, -0.2) is 4.79 Å². The van der Waals surface area contributed by atoms with Crippen molar-refractivity contribution in [3.63, 3.8) is 0 Å². The molecule has 1 aromatic rings. The summed E-state index contributed by atoms with van der Waals surface area (Å²) in [6, 6.07) is 5.29. The Morgan fingerprint density at radius 2 is 1.96 bits per heavy atom. The molecular formula is C15H21NO7S. The lowest BCUT2D eigenvalue weighted by molar-refractivity contribution is -0.142. The van der Waals surface area contributed by atoms with Crippen molar-refractivity contribution >= 4 is 22.0 Å². The second-order valence-electron chi connectivity index (χ2n) is 4.97. The molecule has 1 aromatic carbocycles. The predicted octanol–water partition coefficient (Wildman–Crippen LogP) is 1.02. The molecule has 0 bridgehead atoms. The minimum Gasteiger partial charge on any atom is -0.493 e. The maximum absolute atomic E-state index is 12.4. The van der Waals surface area contributed by atoms with Gasteiger partial charge in [-0.2, -0.15) is 8.42 Å². The maximum atomic E-state index is 12.4. The van der Waals surface area contributed by atoms with E-state index < -0.39 is 33.8 Å². The number of carbonyl (C=O) groups excluding carboxylic acids is 2. The van der Waals surface area contributed by atoms with Gasteiger partial charge in [-0.15, -0.1) is 0 Å². The van der Waals surface area contributed by atoms with Gasteiger partial charge in [0.25, 0.3) is 16.0 Å². The van der Waals surface area contributed by atoms with E-state index >= 15 is 0 Å². The summed E-state index contributed by atoms with van der Waals surface area (Å²) in [5.74, 6) is -1.73. The van der Waals surface area contributed by atoms with Crippen LogP contribution in [0.3, 0.4) is 0 Å². The quantitative estimate of drug-likeness (QED) is 0.499. The van der Waals surface area contributed by atoms with Crippen molar-refractivity contribution in [2.45, 2.75) is 25.8 Å². The monoisotopic (exact) mass is 359 g/mol. The van der Waals surface area contributed by atoms with E-state index in [1.807, 2.05) is 6.92 Å². The first kappa shape index (κ1) is 19.9. The Labute approximate surface area is 140 Å². The first-order valence-corrected chi connectivity index (χ1v) is 8.95. The van der Waals surface area contributed by atoms with Crippen molar-refractivity contribution in [2.75, 3.05) is 19.5 Å². The third-order valence-corrected chi connectivity index (χ3v) is 3.80. The molecule has 24 heavy (non-hydrogen) atoms. The van der Waals surface area contributed by atoms with Gasteiger partial charge in [0.05, 0.1) is 25.0 Å². The van der Waals surface area contributed by atoms with Gasteiger partial charge in [0.15, 0.2) is 0 Å². The molecule has 1 amide bonds. The smallest absolute Gasteiger partial charge is 0.328 e. The SMILES string of the molecule is CCCOc1ccccc1C(=O)N[C@@H](CCS(=O)(=O)O)C(=O)OC. The summed E-state index contributed by atoms with van der Waals surface area (Å²) in [5.41, 5.74) is 0.215. The highest BCUT2D eigenvalue weighted by Crippen LogP contribution is 2.18. The molecule has 1 rings (SSSR count). The molecule has 0 aromatic heterocycles. The standard InChI is InChI=1S/C15H21NO7S/c1-3-9-23-13-7-5-4-6-11(13)14(17)16-12(15(18)22-2)8-10-24(19,20)21/h4-7,12H,3,8-10H2,1-2H3,(H,16,17)(H,19,20,21)/t12-/m0/s1. The van der Waals surface area contributed by atoms with Crippen LogP contribution in [0.2, 0.25) is 0 Å². The van der Waals surface area contributed by atoms with Gasteiger partial charge in [-0.05, 0) is 25.0 Å². The predicted molar refractivity (Wildman–Crippen MR) is 86.5 cm³/mol. The van der Waals surface area contributed by atoms with Gasteiger partial charge in [0.2, 0.25) is 0 Å². The number of carbonyl (C=O) groups is 2. The molecule has 0 radical (unpaired) electrons. The second-order valence-corrected chi connectivity index (χ2v) is 6.54. The lowest BCUT2D eigenvalue weighted by atomic mass is 10.1. The van der Waals surface area contributed by atoms with Crippen LogP contribution in [0.25, 0.3) is 0 Å². The van der Waals surface area contributed by atoms with Crippen LogP contribution in [-0.4, -0.2) is 50.4 Å². The molecule has 0 saturated carbocycles. The van der Waals surface area contributed by atoms with Gasteiger partial charge >= 0.3 is 5.97 Å². The van der Waals surface area contributed by atoms with Crippen molar-refractivity contribution in [1.29, 1.82) is 0 Å². The molecule has 0 heterocycles. The van der Waals surface area contributed by atoms with E-state index in [0.717, 1.165) is 13.5 Å². The van der Waals surface area contributed by atoms with E-state index in [-0.39, 0.29) is 12.0 Å². The Morgan fingerprint density at radius 3 is 2.54 bits per heavy atom. The first-order valence-electron chi connectivity index (χ1n) is 7.34.